The molecule has 0 bridgehead atoms. The highest BCUT2D eigenvalue weighted by atomic mass is 16.4. The Morgan fingerprint density at radius 3 is 2.57 bits per heavy atom. The summed E-state index contributed by atoms with van der Waals surface area (Å²) < 4.78 is 0. The first-order chi connectivity index (χ1) is 6.61. The number of hydrogen-bond donors (Lipinski definition) is 1. The summed E-state index contributed by atoms with van der Waals surface area (Å²) in [4.78, 5) is 32.0. The largest absolute Gasteiger partial charge is 0.475 e. The molecule has 1 aromatic rings. The second-order valence-corrected chi connectivity index (χ2v) is 2.44. The molecular weight excluding hydrogens is 188 g/mol. The molecule has 0 atom stereocenters. The third-order valence-electron chi connectivity index (χ3n) is 1.42. The summed E-state index contributed by atoms with van der Waals surface area (Å²) >= 11 is 0. The number of ketones is 2. The van der Waals surface area contributed by atoms with Crippen LogP contribution in [0.5, 0.6) is 0 Å². The van der Waals surface area contributed by atoms with Gasteiger partial charge in [0.1, 0.15) is 5.69 Å². The van der Waals surface area contributed by atoms with E-state index in [0.29, 0.717) is 0 Å². The zero-order chi connectivity index (χ0) is 10.6. The van der Waals surface area contributed by atoms with Gasteiger partial charge >= 0.3 is 5.97 Å². The van der Waals surface area contributed by atoms with Crippen LogP contribution in [0.15, 0.2) is 18.3 Å². The van der Waals surface area contributed by atoms with E-state index in [1.165, 1.54) is 18.3 Å². The van der Waals surface area contributed by atoms with Gasteiger partial charge in [-0.1, -0.05) is 0 Å². The van der Waals surface area contributed by atoms with Crippen molar-refractivity contribution >= 4 is 17.5 Å². The van der Waals surface area contributed by atoms with Crippen LogP contribution < -0.4 is 0 Å². The SMILES string of the molecule is O=C(O)C(=O)CC(=O)c1cccnn1. The molecule has 1 rings (SSSR count). The molecule has 6 nitrogen and oxygen atoms in total. The minimum absolute atomic E-state index is 0.0119. The lowest BCUT2D eigenvalue weighted by Gasteiger charge is -1.94. The van der Waals surface area contributed by atoms with E-state index >= 15 is 0 Å². The van der Waals surface area contributed by atoms with E-state index in [2.05, 4.69) is 10.2 Å². The van der Waals surface area contributed by atoms with Gasteiger partial charge in [-0.2, -0.15) is 5.10 Å². The van der Waals surface area contributed by atoms with Crippen LogP contribution in [-0.4, -0.2) is 32.8 Å². The Kier molecular flexibility index (Phi) is 3.01. The third kappa shape index (κ3) is 2.44. The van der Waals surface area contributed by atoms with Crippen LogP contribution >= 0.6 is 0 Å². The minimum atomic E-state index is -1.62. The van der Waals surface area contributed by atoms with Crippen molar-refractivity contribution in [2.75, 3.05) is 0 Å². The first-order valence-electron chi connectivity index (χ1n) is 3.68. The maximum atomic E-state index is 11.2. The maximum Gasteiger partial charge on any atom is 0.372 e. The van der Waals surface area contributed by atoms with Crippen LogP contribution in [0.1, 0.15) is 16.9 Å². The van der Waals surface area contributed by atoms with Crippen LogP contribution in [0, 0.1) is 0 Å². The van der Waals surface area contributed by atoms with E-state index in [4.69, 9.17) is 5.11 Å². The zero-order valence-corrected chi connectivity index (χ0v) is 7.01. The lowest BCUT2D eigenvalue weighted by Crippen LogP contribution is -2.17. The van der Waals surface area contributed by atoms with E-state index in [9.17, 15) is 14.4 Å². The van der Waals surface area contributed by atoms with Crippen molar-refractivity contribution in [3.8, 4) is 0 Å². The van der Waals surface area contributed by atoms with E-state index in [0.717, 1.165) is 0 Å². The van der Waals surface area contributed by atoms with Gasteiger partial charge in [-0.05, 0) is 12.1 Å². The van der Waals surface area contributed by atoms with Crippen molar-refractivity contribution in [2.24, 2.45) is 0 Å². The standard InChI is InChI=1S/C8H6N2O4/c11-6(4-7(12)8(13)14)5-2-1-3-9-10-5/h1-3H,4H2,(H,13,14). The average Bonchev–Trinajstić information content (AvgIpc) is 2.19. The van der Waals surface area contributed by atoms with Gasteiger partial charge in [0.2, 0.25) is 5.78 Å². The van der Waals surface area contributed by atoms with Crippen LogP contribution in [0.25, 0.3) is 0 Å². The van der Waals surface area contributed by atoms with Crippen LogP contribution in [0.2, 0.25) is 0 Å². The third-order valence-corrected chi connectivity index (χ3v) is 1.42. The molecule has 0 aliphatic heterocycles. The van der Waals surface area contributed by atoms with Crippen molar-refractivity contribution in [1.29, 1.82) is 0 Å². The molecule has 0 radical (unpaired) electrons. The van der Waals surface area contributed by atoms with Gasteiger partial charge in [0.25, 0.3) is 0 Å². The highest BCUT2D eigenvalue weighted by Gasteiger charge is 2.18. The lowest BCUT2D eigenvalue weighted by molar-refractivity contribution is -0.148. The fourth-order valence-electron chi connectivity index (χ4n) is 0.762. The first-order valence-corrected chi connectivity index (χ1v) is 3.68. The maximum absolute atomic E-state index is 11.2. The Labute approximate surface area is 78.6 Å². The van der Waals surface area contributed by atoms with Crippen molar-refractivity contribution in [2.45, 2.75) is 6.42 Å². The molecule has 0 unspecified atom stereocenters. The molecule has 0 fully saturated rings. The second-order valence-electron chi connectivity index (χ2n) is 2.44. The number of carbonyl (C=O) groups excluding carboxylic acids is 2. The van der Waals surface area contributed by atoms with Crippen LogP contribution in [0.4, 0.5) is 0 Å². The minimum Gasteiger partial charge on any atom is -0.475 e. The summed E-state index contributed by atoms with van der Waals surface area (Å²) in [5.41, 5.74) is -0.0119. The molecule has 0 saturated heterocycles. The molecule has 0 aromatic carbocycles. The van der Waals surface area contributed by atoms with Crippen molar-refractivity contribution < 1.29 is 19.5 Å². The van der Waals surface area contributed by atoms with Gasteiger partial charge in [0.05, 0.1) is 6.42 Å². The van der Waals surface area contributed by atoms with Gasteiger partial charge in [-0.25, -0.2) is 4.79 Å². The molecule has 0 amide bonds. The summed E-state index contributed by atoms with van der Waals surface area (Å²) in [7, 11) is 0. The summed E-state index contributed by atoms with van der Waals surface area (Å²) in [5, 5.41) is 15.1. The lowest BCUT2D eigenvalue weighted by atomic mass is 10.1. The van der Waals surface area contributed by atoms with Crippen LogP contribution in [-0.2, 0) is 9.59 Å². The molecule has 1 heterocycles. The Bertz CT molecular complexity index is 374. The Hall–Kier alpha value is -2.11. The number of Topliss-reactive ketones (excluding diaryl/α,β-unsaturated/α-hetero) is 2. The highest BCUT2D eigenvalue weighted by Crippen LogP contribution is 1.98. The van der Waals surface area contributed by atoms with Gasteiger partial charge in [0, 0.05) is 6.20 Å². The average molecular weight is 194 g/mol. The summed E-state index contributed by atoms with van der Waals surface area (Å²) in [5.74, 6) is -3.42. The first kappa shape index (κ1) is 9.97. The summed E-state index contributed by atoms with van der Waals surface area (Å²) in [6.07, 6.45) is 0.684. The van der Waals surface area contributed by atoms with Gasteiger partial charge in [-0.15, -0.1) is 5.10 Å². The normalized spacial score (nSPS) is 9.43. The number of nitrogens with zero attached hydrogens (tertiary/aromatic N) is 2. The summed E-state index contributed by atoms with van der Waals surface area (Å²) in [6, 6.07) is 2.84. The Balaban J connectivity index is 2.69. The van der Waals surface area contributed by atoms with E-state index in [1.807, 2.05) is 0 Å². The highest BCUT2D eigenvalue weighted by molar-refractivity contribution is 6.37. The van der Waals surface area contributed by atoms with Gasteiger partial charge in [-0.3, -0.25) is 9.59 Å². The van der Waals surface area contributed by atoms with Crippen molar-refractivity contribution in [1.82, 2.24) is 10.2 Å². The molecular formula is C8H6N2O4. The fourth-order valence-corrected chi connectivity index (χ4v) is 0.762. The second kappa shape index (κ2) is 4.22. The number of hydrogen-bond acceptors (Lipinski definition) is 5. The molecule has 1 N–H and O–H groups in total. The monoisotopic (exact) mass is 194 g/mol. The quantitative estimate of drug-likeness (QED) is 0.401. The molecule has 0 aliphatic carbocycles. The number of carboxylic acids is 1. The predicted molar refractivity (Wildman–Crippen MR) is 43.6 cm³/mol. The number of rotatable bonds is 4. The fraction of sp³-hybridized carbons (Fsp3) is 0.125. The molecule has 0 aliphatic rings. The molecule has 0 spiro atoms. The molecule has 72 valence electrons. The predicted octanol–water partition coefficient (Wildman–Crippen LogP) is -0.297. The number of aromatic nitrogens is 2. The molecule has 0 saturated carbocycles. The Morgan fingerprint density at radius 1 is 1.36 bits per heavy atom. The summed E-state index contributed by atoms with van der Waals surface area (Å²) in [6.45, 7) is 0. The van der Waals surface area contributed by atoms with E-state index < -0.39 is 24.0 Å². The van der Waals surface area contributed by atoms with Gasteiger partial charge in [0.15, 0.2) is 5.78 Å². The van der Waals surface area contributed by atoms with Crippen LogP contribution in [0.3, 0.4) is 0 Å². The smallest absolute Gasteiger partial charge is 0.372 e. The van der Waals surface area contributed by atoms with Crippen molar-refractivity contribution in [3.05, 3.63) is 24.0 Å². The van der Waals surface area contributed by atoms with E-state index in [1.54, 1.807) is 0 Å². The zero-order valence-electron chi connectivity index (χ0n) is 7.01. The van der Waals surface area contributed by atoms with Gasteiger partial charge < -0.3 is 5.11 Å². The van der Waals surface area contributed by atoms with E-state index in [-0.39, 0.29) is 5.69 Å². The molecule has 6 heteroatoms. The number of carbonyl (C=O) groups is 3. The number of aliphatic carboxylic acids is 1. The Morgan fingerprint density at radius 2 is 2.07 bits per heavy atom. The molecule has 1 aromatic heterocycles. The topological polar surface area (TPSA) is 97.2 Å². The van der Waals surface area contributed by atoms with Crippen molar-refractivity contribution in [3.63, 3.8) is 0 Å². The molecule has 14 heavy (non-hydrogen) atoms. The number of carboxylic acid groups (broad SMARTS) is 1.